The van der Waals surface area contributed by atoms with Gasteiger partial charge < -0.3 is 15.2 Å². The quantitative estimate of drug-likeness (QED) is 0.614. The van der Waals surface area contributed by atoms with Gasteiger partial charge in [-0.1, -0.05) is 13.3 Å². The summed E-state index contributed by atoms with van der Waals surface area (Å²) in [4.78, 5) is 33.1. The topological polar surface area (TPSA) is 92.7 Å². The molecule has 1 amide bonds. The lowest BCUT2D eigenvalue weighted by molar-refractivity contribution is -0.145. The van der Waals surface area contributed by atoms with Crippen LogP contribution in [0.2, 0.25) is 0 Å². The summed E-state index contributed by atoms with van der Waals surface area (Å²) in [5, 5.41) is 11.2. The molecule has 0 bridgehead atoms. The standard InChI is InChI=1S/C11H19NO5/c1-3-5-8(11(15)16)12-9(13)6-7-10(14)17-4-2/h8H,3-7H2,1-2H3,(H,12,13)(H,15,16)/t8-/m0/s1. The van der Waals surface area contributed by atoms with E-state index in [4.69, 9.17) is 5.11 Å². The Morgan fingerprint density at radius 3 is 2.35 bits per heavy atom. The van der Waals surface area contributed by atoms with Crippen LogP contribution in [0, 0.1) is 0 Å². The minimum absolute atomic E-state index is 0.0296. The van der Waals surface area contributed by atoms with Gasteiger partial charge >= 0.3 is 11.9 Å². The molecular formula is C11H19NO5. The van der Waals surface area contributed by atoms with Gasteiger partial charge in [-0.2, -0.15) is 0 Å². The van der Waals surface area contributed by atoms with Gasteiger partial charge in [-0.3, -0.25) is 9.59 Å². The molecule has 0 saturated heterocycles. The van der Waals surface area contributed by atoms with E-state index in [1.54, 1.807) is 6.92 Å². The third-order valence-electron chi connectivity index (χ3n) is 2.07. The normalized spacial score (nSPS) is 11.6. The molecule has 0 aromatic rings. The molecule has 0 aliphatic heterocycles. The van der Waals surface area contributed by atoms with Crippen molar-refractivity contribution in [3.05, 3.63) is 0 Å². The van der Waals surface area contributed by atoms with Crippen LogP contribution >= 0.6 is 0 Å². The zero-order valence-corrected chi connectivity index (χ0v) is 10.2. The van der Waals surface area contributed by atoms with E-state index in [1.807, 2.05) is 6.92 Å². The molecular weight excluding hydrogens is 226 g/mol. The Labute approximate surface area is 100 Å². The van der Waals surface area contributed by atoms with Gasteiger partial charge in [-0.15, -0.1) is 0 Å². The number of aliphatic carboxylic acids is 1. The summed E-state index contributed by atoms with van der Waals surface area (Å²) in [5.41, 5.74) is 0. The number of ether oxygens (including phenoxy) is 1. The van der Waals surface area contributed by atoms with Gasteiger partial charge in [0.25, 0.3) is 0 Å². The van der Waals surface area contributed by atoms with Crippen molar-refractivity contribution in [3.8, 4) is 0 Å². The van der Waals surface area contributed by atoms with Crippen molar-refractivity contribution in [3.63, 3.8) is 0 Å². The second-order valence-corrected chi connectivity index (χ2v) is 3.55. The van der Waals surface area contributed by atoms with Crippen LogP contribution in [0.5, 0.6) is 0 Å². The molecule has 6 nitrogen and oxygen atoms in total. The molecule has 0 heterocycles. The summed E-state index contributed by atoms with van der Waals surface area (Å²) in [6.07, 6.45) is 0.958. The van der Waals surface area contributed by atoms with E-state index in [2.05, 4.69) is 10.1 Å². The average Bonchev–Trinajstić information content (AvgIpc) is 2.26. The Hall–Kier alpha value is -1.59. The summed E-state index contributed by atoms with van der Waals surface area (Å²) < 4.78 is 4.66. The first-order valence-electron chi connectivity index (χ1n) is 5.69. The highest BCUT2D eigenvalue weighted by Gasteiger charge is 2.19. The van der Waals surface area contributed by atoms with E-state index in [0.29, 0.717) is 12.8 Å². The zero-order chi connectivity index (χ0) is 13.3. The minimum atomic E-state index is -1.06. The molecule has 6 heteroatoms. The molecule has 17 heavy (non-hydrogen) atoms. The molecule has 0 unspecified atom stereocenters. The Morgan fingerprint density at radius 2 is 1.88 bits per heavy atom. The molecule has 0 aliphatic carbocycles. The van der Waals surface area contributed by atoms with Crippen LogP contribution in [-0.2, 0) is 19.1 Å². The summed E-state index contributed by atoms with van der Waals surface area (Å²) in [5.74, 6) is -1.96. The van der Waals surface area contributed by atoms with Gasteiger partial charge in [0.15, 0.2) is 0 Å². The van der Waals surface area contributed by atoms with Crippen molar-refractivity contribution >= 4 is 17.8 Å². The van der Waals surface area contributed by atoms with E-state index in [0.717, 1.165) is 0 Å². The first-order chi connectivity index (χ1) is 8.01. The molecule has 0 aromatic carbocycles. The predicted octanol–water partition coefficient (Wildman–Crippen LogP) is 0.699. The number of carboxylic acid groups (broad SMARTS) is 1. The summed E-state index contributed by atoms with van der Waals surface area (Å²) in [7, 11) is 0. The number of rotatable bonds is 8. The number of amides is 1. The second kappa shape index (κ2) is 8.55. The molecule has 2 N–H and O–H groups in total. The Bertz CT molecular complexity index is 277. The lowest BCUT2D eigenvalue weighted by Crippen LogP contribution is -2.40. The Balaban J connectivity index is 3.98. The third kappa shape index (κ3) is 7.32. The van der Waals surface area contributed by atoms with Crippen LogP contribution in [-0.4, -0.2) is 35.6 Å². The Kier molecular flexibility index (Phi) is 7.75. The lowest BCUT2D eigenvalue weighted by Gasteiger charge is -2.13. The molecule has 0 aliphatic rings. The highest BCUT2D eigenvalue weighted by Crippen LogP contribution is 1.99. The molecule has 0 aromatic heterocycles. The largest absolute Gasteiger partial charge is 0.480 e. The number of carbonyl (C=O) groups is 3. The molecule has 0 radical (unpaired) electrons. The van der Waals surface area contributed by atoms with Gasteiger partial charge in [0.1, 0.15) is 6.04 Å². The maximum absolute atomic E-state index is 11.4. The van der Waals surface area contributed by atoms with Crippen LogP contribution in [0.1, 0.15) is 39.5 Å². The van der Waals surface area contributed by atoms with Gasteiger partial charge in [-0.05, 0) is 13.3 Å². The van der Waals surface area contributed by atoms with Gasteiger partial charge in [-0.25, -0.2) is 4.79 Å². The van der Waals surface area contributed by atoms with Crippen molar-refractivity contribution < 1.29 is 24.2 Å². The van der Waals surface area contributed by atoms with Crippen LogP contribution in [0.15, 0.2) is 0 Å². The maximum atomic E-state index is 11.4. The van der Waals surface area contributed by atoms with Crippen LogP contribution in [0.3, 0.4) is 0 Å². The third-order valence-corrected chi connectivity index (χ3v) is 2.07. The fraction of sp³-hybridized carbons (Fsp3) is 0.727. The number of esters is 1. The minimum Gasteiger partial charge on any atom is -0.480 e. The fourth-order valence-electron chi connectivity index (χ4n) is 1.26. The van der Waals surface area contributed by atoms with Crippen molar-refractivity contribution in [1.82, 2.24) is 5.32 Å². The van der Waals surface area contributed by atoms with Crippen molar-refractivity contribution in [2.45, 2.75) is 45.6 Å². The molecule has 0 spiro atoms. The molecule has 1 atom stereocenters. The lowest BCUT2D eigenvalue weighted by atomic mass is 10.1. The van der Waals surface area contributed by atoms with Crippen molar-refractivity contribution in [2.75, 3.05) is 6.61 Å². The number of hydrogen-bond donors (Lipinski definition) is 2. The molecule has 0 saturated carbocycles. The van der Waals surface area contributed by atoms with Crippen molar-refractivity contribution in [2.24, 2.45) is 0 Å². The molecule has 0 rings (SSSR count). The SMILES string of the molecule is CCC[C@H](NC(=O)CCC(=O)OCC)C(=O)O. The predicted molar refractivity (Wildman–Crippen MR) is 60.3 cm³/mol. The highest BCUT2D eigenvalue weighted by atomic mass is 16.5. The number of nitrogens with one attached hydrogen (secondary N) is 1. The van der Waals surface area contributed by atoms with Crippen LogP contribution in [0.4, 0.5) is 0 Å². The van der Waals surface area contributed by atoms with Crippen LogP contribution < -0.4 is 5.32 Å². The molecule has 98 valence electrons. The maximum Gasteiger partial charge on any atom is 0.326 e. The Morgan fingerprint density at radius 1 is 1.24 bits per heavy atom. The second-order valence-electron chi connectivity index (χ2n) is 3.55. The van der Waals surface area contributed by atoms with E-state index < -0.39 is 23.9 Å². The summed E-state index contributed by atoms with van der Waals surface area (Å²) in [6.45, 7) is 3.79. The summed E-state index contributed by atoms with van der Waals surface area (Å²) in [6, 6.07) is -0.880. The van der Waals surface area contributed by atoms with E-state index in [-0.39, 0.29) is 19.4 Å². The molecule has 0 fully saturated rings. The van der Waals surface area contributed by atoms with Crippen molar-refractivity contribution in [1.29, 1.82) is 0 Å². The fourth-order valence-corrected chi connectivity index (χ4v) is 1.26. The van der Waals surface area contributed by atoms with Gasteiger partial charge in [0, 0.05) is 6.42 Å². The summed E-state index contributed by atoms with van der Waals surface area (Å²) >= 11 is 0. The highest BCUT2D eigenvalue weighted by molar-refractivity contribution is 5.85. The van der Waals surface area contributed by atoms with Crippen LogP contribution in [0.25, 0.3) is 0 Å². The number of carbonyl (C=O) groups excluding carboxylic acids is 2. The first-order valence-corrected chi connectivity index (χ1v) is 5.69. The van der Waals surface area contributed by atoms with E-state index in [1.165, 1.54) is 0 Å². The van der Waals surface area contributed by atoms with Gasteiger partial charge in [0.05, 0.1) is 13.0 Å². The van der Waals surface area contributed by atoms with Gasteiger partial charge in [0.2, 0.25) is 5.91 Å². The number of carboxylic acids is 1. The van der Waals surface area contributed by atoms with E-state index in [9.17, 15) is 14.4 Å². The number of hydrogen-bond acceptors (Lipinski definition) is 4. The zero-order valence-electron chi connectivity index (χ0n) is 10.2. The van der Waals surface area contributed by atoms with E-state index >= 15 is 0 Å². The smallest absolute Gasteiger partial charge is 0.326 e. The average molecular weight is 245 g/mol. The monoisotopic (exact) mass is 245 g/mol. The first kappa shape index (κ1) is 15.4.